The summed E-state index contributed by atoms with van der Waals surface area (Å²) in [6.45, 7) is 7.80. The molecule has 0 bridgehead atoms. The first-order valence-corrected chi connectivity index (χ1v) is 12.0. The Morgan fingerprint density at radius 3 is 2.45 bits per heavy atom. The van der Waals surface area contributed by atoms with Crippen LogP contribution in [0.5, 0.6) is 0 Å². The zero-order valence-corrected chi connectivity index (χ0v) is 18.4. The molecule has 29 heavy (non-hydrogen) atoms. The molecule has 162 valence electrons. The van der Waals surface area contributed by atoms with E-state index in [0.29, 0.717) is 45.8 Å². The number of aromatic nitrogens is 1. The fraction of sp³-hybridized carbons (Fsp3) is 0.700. The zero-order chi connectivity index (χ0) is 20.9. The molecular formula is C20H33N5O3S. The Morgan fingerprint density at radius 2 is 1.83 bits per heavy atom. The lowest BCUT2D eigenvalue weighted by Gasteiger charge is -2.41. The molecule has 0 unspecified atom stereocenters. The highest BCUT2D eigenvalue weighted by Crippen LogP contribution is 2.22. The van der Waals surface area contributed by atoms with Crippen LogP contribution >= 0.6 is 0 Å². The van der Waals surface area contributed by atoms with Gasteiger partial charge < -0.3 is 4.90 Å². The third-order valence-corrected chi connectivity index (χ3v) is 8.08. The Balaban J connectivity index is 1.61. The van der Waals surface area contributed by atoms with Gasteiger partial charge in [0.25, 0.3) is 10.2 Å². The molecule has 1 amide bonds. The van der Waals surface area contributed by atoms with Crippen LogP contribution < -0.4 is 0 Å². The average Bonchev–Trinajstić information content (AvgIpc) is 2.75. The highest BCUT2D eigenvalue weighted by Gasteiger charge is 2.36. The number of carbonyl (C=O) groups excluding carboxylic acids is 1. The molecular weight excluding hydrogens is 390 g/mol. The fourth-order valence-electron chi connectivity index (χ4n) is 4.22. The topological polar surface area (TPSA) is 77.1 Å². The largest absolute Gasteiger partial charge is 0.339 e. The van der Waals surface area contributed by atoms with Crippen LogP contribution in [0.2, 0.25) is 0 Å². The molecule has 0 N–H and O–H groups in total. The van der Waals surface area contributed by atoms with Crippen LogP contribution in [-0.2, 0) is 21.5 Å². The third kappa shape index (κ3) is 5.14. The second-order valence-corrected chi connectivity index (χ2v) is 9.55. The van der Waals surface area contributed by atoms with E-state index in [0.717, 1.165) is 31.5 Å². The van der Waals surface area contributed by atoms with Gasteiger partial charge in [-0.1, -0.05) is 26.3 Å². The van der Waals surface area contributed by atoms with E-state index < -0.39 is 10.2 Å². The van der Waals surface area contributed by atoms with Gasteiger partial charge in [-0.3, -0.25) is 14.7 Å². The van der Waals surface area contributed by atoms with E-state index in [9.17, 15) is 13.2 Å². The predicted molar refractivity (Wildman–Crippen MR) is 112 cm³/mol. The highest BCUT2D eigenvalue weighted by molar-refractivity contribution is 7.86. The van der Waals surface area contributed by atoms with Crippen molar-refractivity contribution in [3.63, 3.8) is 0 Å². The molecule has 0 radical (unpaired) electrons. The van der Waals surface area contributed by atoms with Crippen molar-refractivity contribution < 1.29 is 13.2 Å². The lowest BCUT2D eigenvalue weighted by atomic mass is 10.00. The second kappa shape index (κ2) is 9.97. The molecule has 2 fully saturated rings. The molecule has 1 atom stereocenters. The Bertz CT molecular complexity index is 762. The van der Waals surface area contributed by atoms with Gasteiger partial charge in [0.1, 0.15) is 0 Å². The number of pyridine rings is 1. The van der Waals surface area contributed by atoms with Crippen molar-refractivity contribution in [3.8, 4) is 0 Å². The fourth-order valence-corrected chi connectivity index (χ4v) is 5.83. The van der Waals surface area contributed by atoms with Gasteiger partial charge in [0.2, 0.25) is 5.91 Å². The Morgan fingerprint density at radius 1 is 1.10 bits per heavy atom. The maximum atomic E-state index is 13.2. The van der Waals surface area contributed by atoms with E-state index >= 15 is 0 Å². The minimum Gasteiger partial charge on any atom is -0.339 e. The van der Waals surface area contributed by atoms with Crippen LogP contribution in [0.4, 0.5) is 0 Å². The molecule has 3 rings (SSSR count). The lowest BCUT2D eigenvalue weighted by molar-refractivity contribution is -0.139. The molecule has 0 spiro atoms. The standard InChI is InChI=1S/C20H33N5O3S/c1-3-24(4-2)29(27,28)25-15-13-22(14-16-25)20(26)19-10-6-8-12-23(19)17-18-9-5-7-11-21-18/h5,7,9,11,19H,3-4,6,8,10,12-17H2,1-2H3/t19-/m0/s1. The van der Waals surface area contributed by atoms with E-state index in [2.05, 4.69) is 9.88 Å². The first-order valence-electron chi connectivity index (χ1n) is 10.6. The Kier molecular flexibility index (Phi) is 7.61. The van der Waals surface area contributed by atoms with Gasteiger partial charge in [-0.25, -0.2) is 0 Å². The maximum Gasteiger partial charge on any atom is 0.282 e. The summed E-state index contributed by atoms with van der Waals surface area (Å²) in [4.78, 5) is 21.7. The van der Waals surface area contributed by atoms with Crippen molar-refractivity contribution in [2.24, 2.45) is 0 Å². The van der Waals surface area contributed by atoms with Crippen LogP contribution in [0.15, 0.2) is 24.4 Å². The van der Waals surface area contributed by atoms with E-state index in [1.165, 1.54) is 8.61 Å². The summed E-state index contributed by atoms with van der Waals surface area (Å²) in [7, 11) is -3.44. The number of nitrogens with zero attached hydrogens (tertiary/aromatic N) is 5. The molecule has 0 saturated carbocycles. The quantitative estimate of drug-likeness (QED) is 0.658. The summed E-state index contributed by atoms with van der Waals surface area (Å²) >= 11 is 0. The number of piperazine rings is 1. The normalized spacial score (nSPS) is 22.2. The van der Waals surface area contributed by atoms with E-state index in [-0.39, 0.29) is 11.9 Å². The summed E-state index contributed by atoms with van der Waals surface area (Å²) < 4.78 is 28.4. The number of rotatable bonds is 7. The smallest absolute Gasteiger partial charge is 0.282 e. The first-order chi connectivity index (χ1) is 14.0. The van der Waals surface area contributed by atoms with E-state index in [1.54, 1.807) is 6.20 Å². The number of piperidine rings is 1. The second-order valence-electron chi connectivity index (χ2n) is 7.62. The van der Waals surface area contributed by atoms with Gasteiger partial charge in [0.05, 0.1) is 11.7 Å². The molecule has 8 nitrogen and oxygen atoms in total. The zero-order valence-electron chi connectivity index (χ0n) is 17.5. The van der Waals surface area contributed by atoms with Crippen molar-refractivity contribution in [2.75, 3.05) is 45.8 Å². The van der Waals surface area contributed by atoms with Crippen LogP contribution in [0.1, 0.15) is 38.8 Å². The lowest BCUT2D eigenvalue weighted by Crippen LogP contribution is -2.58. The molecule has 2 saturated heterocycles. The van der Waals surface area contributed by atoms with Gasteiger partial charge in [0, 0.05) is 52.0 Å². The van der Waals surface area contributed by atoms with Gasteiger partial charge in [-0.05, 0) is 31.5 Å². The summed E-state index contributed by atoms with van der Waals surface area (Å²) in [6, 6.07) is 5.72. The van der Waals surface area contributed by atoms with Gasteiger partial charge in [-0.2, -0.15) is 17.0 Å². The number of carbonyl (C=O) groups is 1. The number of amides is 1. The van der Waals surface area contributed by atoms with Gasteiger partial charge >= 0.3 is 0 Å². The molecule has 2 aliphatic rings. The minimum atomic E-state index is -3.44. The molecule has 3 heterocycles. The minimum absolute atomic E-state index is 0.125. The van der Waals surface area contributed by atoms with Crippen LogP contribution in [0.25, 0.3) is 0 Å². The monoisotopic (exact) mass is 423 g/mol. The van der Waals surface area contributed by atoms with Gasteiger partial charge in [0.15, 0.2) is 0 Å². The van der Waals surface area contributed by atoms with Crippen molar-refractivity contribution >= 4 is 16.1 Å². The Hall–Kier alpha value is -1.55. The highest BCUT2D eigenvalue weighted by atomic mass is 32.2. The van der Waals surface area contributed by atoms with Crippen LogP contribution in [0, 0.1) is 0 Å². The third-order valence-electron chi connectivity index (χ3n) is 5.90. The Labute approximate surface area is 174 Å². The first kappa shape index (κ1) is 22.1. The molecule has 0 aromatic carbocycles. The van der Waals surface area contributed by atoms with Crippen molar-refractivity contribution in [3.05, 3.63) is 30.1 Å². The molecule has 0 aliphatic carbocycles. The predicted octanol–water partition coefficient (Wildman–Crippen LogP) is 1.17. The average molecular weight is 424 g/mol. The molecule has 1 aromatic heterocycles. The van der Waals surface area contributed by atoms with Crippen LogP contribution in [0.3, 0.4) is 0 Å². The summed E-state index contributed by atoms with van der Waals surface area (Å²) in [6.07, 6.45) is 4.77. The van der Waals surface area contributed by atoms with Crippen LogP contribution in [-0.4, -0.2) is 89.6 Å². The maximum absolute atomic E-state index is 13.2. The van der Waals surface area contributed by atoms with Crippen molar-refractivity contribution in [1.82, 2.24) is 23.4 Å². The summed E-state index contributed by atoms with van der Waals surface area (Å²) in [5.74, 6) is 0.125. The van der Waals surface area contributed by atoms with Crippen molar-refractivity contribution in [1.29, 1.82) is 0 Å². The molecule has 1 aromatic rings. The number of likely N-dealkylation sites (tertiary alicyclic amines) is 1. The summed E-state index contributed by atoms with van der Waals surface area (Å²) in [5.41, 5.74) is 0.974. The van der Waals surface area contributed by atoms with Gasteiger partial charge in [-0.15, -0.1) is 0 Å². The van der Waals surface area contributed by atoms with E-state index in [1.807, 2.05) is 36.9 Å². The van der Waals surface area contributed by atoms with Crippen molar-refractivity contribution in [2.45, 2.75) is 45.7 Å². The number of hydrogen-bond acceptors (Lipinski definition) is 5. The molecule has 9 heteroatoms. The molecule has 2 aliphatic heterocycles. The summed E-state index contributed by atoms with van der Waals surface area (Å²) in [5, 5.41) is 0. The van der Waals surface area contributed by atoms with E-state index in [4.69, 9.17) is 0 Å². The number of hydrogen-bond donors (Lipinski definition) is 0. The SMILES string of the molecule is CCN(CC)S(=O)(=O)N1CCN(C(=O)[C@@H]2CCCCN2Cc2ccccn2)CC1.